The molecular weight excluding hydrogens is 737 g/mol. The third-order valence-electron chi connectivity index (χ3n) is 17.4. The molecule has 312 valence electrons. The van der Waals surface area contributed by atoms with Gasteiger partial charge in [0.25, 0.3) is 0 Å². The lowest BCUT2D eigenvalue weighted by atomic mass is 9.69. The largest absolute Gasteiger partial charge is 0.362 e. The third-order valence-corrected chi connectivity index (χ3v) is 17.4. The second kappa shape index (κ2) is 14.8. The highest BCUT2D eigenvalue weighted by atomic mass is 15.6. The summed E-state index contributed by atoms with van der Waals surface area (Å²) in [5.41, 5.74) is 5.66. The van der Waals surface area contributed by atoms with E-state index >= 15 is 0 Å². The summed E-state index contributed by atoms with van der Waals surface area (Å²) in [7, 11) is 0. The van der Waals surface area contributed by atoms with Crippen molar-refractivity contribution in [1.29, 1.82) is 0 Å². The zero-order chi connectivity index (χ0) is 39.3. The summed E-state index contributed by atoms with van der Waals surface area (Å²) in [6.07, 6.45) is 17.6. The Bertz CT molecular complexity index is 1960. The van der Waals surface area contributed by atoms with Crippen molar-refractivity contribution in [3.63, 3.8) is 0 Å². The number of nitrogens with zero attached hydrogens (tertiary/aromatic N) is 6. The first-order valence-electron chi connectivity index (χ1n) is 24.2. The van der Waals surface area contributed by atoms with E-state index in [2.05, 4.69) is 156 Å². The van der Waals surface area contributed by atoms with Gasteiger partial charge < -0.3 is 19.6 Å². The average molecular weight is 801 g/mol. The van der Waals surface area contributed by atoms with Gasteiger partial charge in [-0.05, 0) is 113 Å². The van der Waals surface area contributed by atoms with Crippen molar-refractivity contribution in [3.8, 4) is 0 Å². The Balaban J connectivity index is 0.980. The van der Waals surface area contributed by atoms with Crippen molar-refractivity contribution in [2.45, 2.75) is 168 Å². The Kier molecular flexibility index (Phi) is 9.01. The topological polar surface area (TPSA) is 43.5 Å². The van der Waals surface area contributed by atoms with E-state index in [4.69, 9.17) is 5.32 Å². The van der Waals surface area contributed by atoms with Gasteiger partial charge in [0, 0.05) is 71.1 Å². The molecule has 0 bridgehead atoms. The van der Waals surface area contributed by atoms with Crippen molar-refractivity contribution in [2.24, 2.45) is 0 Å². The lowest BCUT2D eigenvalue weighted by molar-refractivity contribution is -0.126. The van der Waals surface area contributed by atoms with Crippen LogP contribution in [-0.4, -0.2) is 101 Å². The van der Waals surface area contributed by atoms with Crippen LogP contribution in [0.3, 0.4) is 0 Å². The molecule has 3 saturated carbocycles. The van der Waals surface area contributed by atoms with E-state index in [0.717, 1.165) is 13.0 Å². The molecule has 6 heterocycles. The summed E-state index contributed by atoms with van der Waals surface area (Å²) >= 11 is 0. The zero-order valence-corrected chi connectivity index (χ0v) is 35.2. The van der Waals surface area contributed by atoms with E-state index in [9.17, 15) is 0 Å². The maximum atomic E-state index is 4.72. The summed E-state index contributed by atoms with van der Waals surface area (Å²) in [6.45, 7) is 1.04. The molecule has 0 aromatic heterocycles. The van der Waals surface area contributed by atoms with E-state index in [-0.39, 0.29) is 18.5 Å². The molecule has 3 aliphatic carbocycles. The van der Waals surface area contributed by atoms with Gasteiger partial charge in [-0.25, -0.2) is 0 Å². The Morgan fingerprint density at radius 1 is 0.333 bits per heavy atom. The lowest BCUT2D eigenvalue weighted by Crippen LogP contribution is -2.91. The molecule has 14 atom stereocenters. The second-order valence-corrected chi connectivity index (χ2v) is 19.9. The Labute approximate surface area is 357 Å². The molecule has 8 nitrogen and oxygen atoms in total. The maximum absolute atomic E-state index is 4.72. The summed E-state index contributed by atoms with van der Waals surface area (Å²) in [6, 6.07) is 51.8. The summed E-state index contributed by atoms with van der Waals surface area (Å²) in [4.78, 5) is 18.3. The van der Waals surface area contributed by atoms with Crippen LogP contribution in [0.15, 0.2) is 121 Å². The highest BCUT2D eigenvalue weighted by molar-refractivity contribution is 5.58. The van der Waals surface area contributed by atoms with Crippen molar-refractivity contribution < 1.29 is 0 Å². The standard InChI is InChI=1S/C52H64N8/c1-5-18-35(19-6-1)55-39-26-13-15-28-41(39)59-46-34-47-51(54-50(46)57(37-22-9-3-10-23-37)44-31-17-30-43(55)48(44)59)58(38-24-11-4-12-25-38)45-32-33-53-52-49(45)60(47)42-29-16-14-27-40(42)56(52)36-20-7-2-8-21-36/h1-12,18-25,39-54H,13-17,26-34H2. The fourth-order valence-electron chi connectivity index (χ4n) is 15.6. The van der Waals surface area contributed by atoms with Crippen molar-refractivity contribution in [2.75, 3.05) is 26.1 Å². The average Bonchev–Trinajstić information content (AvgIpc) is 3.32. The van der Waals surface area contributed by atoms with Gasteiger partial charge in [-0.3, -0.25) is 20.4 Å². The van der Waals surface area contributed by atoms with Crippen LogP contribution >= 0.6 is 0 Å². The minimum atomic E-state index is 0.231. The van der Waals surface area contributed by atoms with Gasteiger partial charge in [0.05, 0.1) is 36.6 Å². The molecule has 0 spiro atoms. The number of para-hydroxylation sites is 4. The number of hydrogen-bond donors (Lipinski definition) is 2. The predicted octanol–water partition coefficient (Wildman–Crippen LogP) is 8.02. The van der Waals surface area contributed by atoms with Crippen LogP contribution in [0, 0.1) is 0 Å². The third kappa shape index (κ3) is 5.49. The predicted molar refractivity (Wildman–Crippen MR) is 244 cm³/mol. The molecule has 6 aliphatic heterocycles. The smallest absolute Gasteiger partial charge is 0.0977 e. The van der Waals surface area contributed by atoms with Crippen LogP contribution in [0.2, 0.25) is 0 Å². The first kappa shape index (κ1) is 36.6. The first-order valence-corrected chi connectivity index (χ1v) is 24.2. The summed E-state index contributed by atoms with van der Waals surface area (Å²) in [5, 5.41) is 8.95. The molecule has 4 aromatic rings. The molecule has 0 amide bonds. The van der Waals surface area contributed by atoms with Gasteiger partial charge in [0.2, 0.25) is 0 Å². The van der Waals surface area contributed by atoms with Crippen molar-refractivity contribution in [1.82, 2.24) is 20.4 Å². The number of hydrogen-bond acceptors (Lipinski definition) is 8. The number of piperazine rings is 4. The molecule has 2 N–H and O–H groups in total. The Hall–Kier alpha value is -4.08. The molecule has 9 aliphatic rings. The second-order valence-electron chi connectivity index (χ2n) is 19.9. The normalized spacial score (nSPS) is 39.7. The fraction of sp³-hybridized carbons (Fsp3) is 0.538. The molecule has 0 radical (unpaired) electrons. The van der Waals surface area contributed by atoms with E-state index in [1.807, 2.05) is 0 Å². The monoisotopic (exact) mass is 801 g/mol. The van der Waals surface area contributed by atoms with Crippen LogP contribution in [-0.2, 0) is 0 Å². The maximum Gasteiger partial charge on any atom is 0.0977 e. The minimum absolute atomic E-state index is 0.231. The van der Waals surface area contributed by atoms with Gasteiger partial charge >= 0.3 is 0 Å². The van der Waals surface area contributed by atoms with Crippen LogP contribution in [0.4, 0.5) is 22.7 Å². The molecule has 9 fully saturated rings. The minimum Gasteiger partial charge on any atom is -0.362 e. The number of nitrogens with one attached hydrogen (secondary N) is 2. The number of piperidine rings is 2. The van der Waals surface area contributed by atoms with Crippen molar-refractivity contribution in [3.05, 3.63) is 121 Å². The molecule has 13 rings (SSSR count). The van der Waals surface area contributed by atoms with E-state index in [0.29, 0.717) is 66.5 Å². The SMILES string of the molecule is c1ccc(N2C3CCCCC3N3C4CC5C(NC4N(c4ccccc4)C4CCCC2C43)N(c2ccccc2)C2CCNC3C2N5C2CCCCC2N3c2ccccc2)cc1. The molecule has 8 heteroatoms. The number of anilines is 4. The fourth-order valence-corrected chi connectivity index (χ4v) is 15.6. The number of benzene rings is 4. The lowest BCUT2D eigenvalue weighted by Gasteiger charge is -2.73. The van der Waals surface area contributed by atoms with Gasteiger partial charge in [0.1, 0.15) is 0 Å². The van der Waals surface area contributed by atoms with Crippen molar-refractivity contribution >= 4 is 22.7 Å². The molecule has 14 unspecified atom stereocenters. The highest BCUT2D eigenvalue weighted by Gasteiger charge is 2.66. The number of rotatable bonds is 4. The quantitative estimate of drug-likeness (QED) is 0.215. The highest BCUT2D eigenvalue weighted by Crippen LogP contribution is 2.53. The van der Waals surface area contributed by atoms with Gasteiger partial charge in [-0.15, -0.1) is 0 Å². The molecule has 4 aromatic carbocycles. The molecule has 60 heavy (non-hydrogen) atoms. The van der Waals surface area contributed by atoms with Crippen LogP contribution in [0.1, 0.15) is 83.5 Å². The number of fused-ring (bicyclic) bond motifs is 8. The Morgan fingerprint density at radius 2 is 0.717 bits per heavy atom. The molecular formula is C52H64N8. The summed E-state index contributed by atoms with van der Waals surface area (Å²) < 4.78 is 0. The van der Waals surface area contributed by atoms with E-state index in [1.165, 1.54) is 99.8 Å². The van der Waals surface area contributed by atoms with Gasteiger partial charge in [-0.2, -0.15) is 0 Å². The first-order chi connectivity index (χ1) is 29.8. The van der Waals surface area contributed by atoms with Crippen LogP contribution in [0.25, 0.3) is 0 Å². The van der Waals surface area contributed by atoms with Gasteiger partial charge in [-0.1, -0.05) is 98.5 Å². The zero-order valence-electron chi connectivity index (χ0n) is 35.2. The van der Waals surface area contributed by atoms with Crippen LogP contribution < -0.4 is 30.2 Å². The Morgan fingerprint density at radius 3 is 1.23 bits per heavy atom. The van der Waals surface area contributed by atoms with E-state index < -0.39 is 0 Å². The van der Waals surface area contributed by atoms with Crippen LogP contribution in [0.5, 0.6) is 0 Å². The van der Waals surface area contributed by atoms with Gasteiger partial charge in [0.15, 0.2) is 0 Å². The van der Waals surface area contributed by atoms with E-state index in [1.54, 1.807) is 0 Å². The summed E-state index contributed by atoms with van der Waals surface area (Å²) in [5.74, 6) is 0. The molecule has 6 saturated heterocycles.